The van der Waals surface area contributed by atoms with Gasteiger partial charge in [0.15, 0.2) is 0 Å². The quantitative estimate of drug-likeness (QED) is 0.899. The van der Waals surface area contributed by atoms with Gasteiger partial charge in [0.05, 0.1) is 12.1 Å². The van der Waals surface area contributed by atoms with Crippen molar-refractivity contribution in [3.63, 3.8) is 0 Å². The number of carbonyl (C=O) groups excluding carboxylic acids is 1. The van der Waals surface area contributed by atoms with Crippen molar-refractivity contribution in [1.82, 2.24) is 15.3 Å². The normalized spacial score (nSPS) is 23.9. The third-order valence-electron chi connectivity index (χ3n) is 3.27. The Morgan fingerprint density at radius 1 is 1.32 bits per heavy atom. The van der Waals surface area contributed by atoms with Gasteiger partial charge < -0.3 is 5.32 Å². The molecule has 1 saturated carbocycles. The van der Waals surface area contributed by atoms with E-state index < -0.39 is 24.0 Å². The number of amides is 1. The summed E-state index contributed by atoms with van der Waals surface area (Å²) in [6.45, 7) is 0. The molecule has 0 aromatic carbocycles. The van der Waals surface area contributed by atoms with Crippen molar-refractivity contribution in [3.8, 4) is 0 Å². The Hall–Kier alpha value is -1.66. The summed E-state index contributed by atoms with van der Waals surface area (Å²) in [5.41, 5.74) is 0.122. The second-order valence-electron chi connectivity index (χ2n) is 4.67. The molecule has 1 amide bonds. The summed E-state index contributed by atoms with van der Waals surface area (Å²) in [6, 6.07) is -0.449. The first-order valence-corrected chi connectivity index (χ1v) is 6.10. The van der Waals surface area contributed by atoms with Crippen LogP contribution in [0.5, 0.6) is 0 Å². The van der Waals surface area contributed by atoms with Gasteiger partial charge in [-0.3, -0.25) is 9.78 Å². The van der Waals surface area contributed by atoms with Crippen LogP contribution in [0.3, 0.4) is 0 Å². The van der Waals surface area contributed by atoms with Crippen LogP contribution in [0.15, 0.2) is 18.6 Å². The minimum atomic E-state index is -4.18. The Bertz CT molecular complexity index is 436. The maximum Gasteiger partial charge on any atom is 0.391 e. The Morgan fingerprint density at radius 2 is 2.11 bits per heavy atom. The van der Waals surface area contributed by atoms with E-state index in [0.29, 0.717) is 12.8 Å². The largest absolute Gasteiger partial charge is 0.391 e. The number of nitrogens with zero attached hydrogens (tertiary/aromatic N) is 2. The molecular formula is C12H14F3N3O. The number of aromatic nitrogens is 2. The van der Waals surface area contributed by atoms with Crippen molar-refractivity contribution >= 4 is 5.91 Å². The summed E-state index contributed by atoms with van der Waals surface area (Å²) < 4.78 is 37.9. The lowest BCUT2D eigenvalue weighted by molar-refractivity contribution is -0.183. The summed E-state index contributed by atoms with van der Waals surface area (Å²) in [6.07, 6.45) is 1.02. The Morgan fingerprint density at radius 3 is 2.74 bits per heavy atom. The van der Waals surface area contributed by atoms with Gasteiger partial charge in [0.1, 0.15) is 5.69 Å². The molecule has 1 fully saturated rings. The molecule has 1 N–H and O–H groups in total. The number of rotatable bonds is 2. The smallest absolute Gasteiger partial charge is 0.348 e. The van der Waals surface area contributed by atoms with Gasteiger partial charge in [0, 0.05) is 18.4 Å². The lowest BCUT2D eigenvalue weighted by Crippen LogP contribution is -2.41. The first kappa shape index (κ1) is 13.8. The van der Waals surface area contributed by atoms with Gasteiger partial charge in [-0.15, -0.1) is 0 Å². The topological polar surface area (TPSA) is 54.9 Å². The molecule has 1 aliphatic carbocycles. The highest BCUT2D eigenvalue weighted by Crippen LogP contribution is 2.37. The van der Waals surface area contributed by atoms with Crippen LogP contribution in [-0.2, 0) is 0 Å². The zero-order valence-electron chi connectivity index (χ0n) is 10.2. The molecule has 0 spiro atoms. The molecule has 19 heavy (non-hydrogen) atoms. The van der Waals surface area contributed by atoms with Crippen molar-refractivity contribution in [2.75, 3.05) is 0 Å². The molecule has 0 saturated heterocycles. The van der Waals surface area contributed by atoms with Crippen LogP contribution in [0.4, 0.5) is 13.2 Å². The average Bonchev–Trinajstić information content (AvgIpc) is 2.39. The van der Waals surface area contributed by atoms with Crippen LogP contribution < -0.4 is 5.32 Å². The maximum absolute atomic E-state index is 12.6. The van der Waals surface area contributed by atoms with Crippen LogP contribution in [-0.4, -0.2) is 28.1 Å². The van der Waals surface area contributed by atoms with E-state index in [1.54, 1.807) is 0 Å². The first-order valence-electron chi connectivity index (χ1n) is 6.10. The van der Waals surface area contributed by atoms with E-state index in [-0.39, 0.29) is 18.5 Å². The summed E-state index contributed by atoms with van der Waals surface area (Å²) in [7, 11) is 0. The number of halogens is 3. The van der Waals surface area contributed by atoms with E-state index in [1.807, 2.05) is 0 Å². The third kappa shape index (κ3) is 3.65. The first-order chi connectivity index (χ1) is 8.97. The summed E-state index contributed by atoms with van der Waals surface area (Å²) in [5, 5.41) is 2.60. The number of hydrogen-bond donors (Lipinski definition) is 1. The molecular weight excluding hydrogens is 259 g/mol. The van der Waals surface area contributed by atoms with Crippen LogP contribution in [0.1, 0.15) is 36.2 Å². The number of nitrogens with one attached hydrogen (secondary N) is 1. The summed E-state index contributed by atoms with van der Waals surface area (Å²) >= 11 is 0. The maximum atomic E-state index is 12.6. The molecule has 7 heteroatoms. The fourth-order valence-corrected chi connectivity index (χ4v) is 2.29. The number of hydrogen-bond acceptors (Lipinski definition) is 3. The number of alkyl halides is 3. The third-order valence-corrected chi connectivity index (χ3v) is 3.27. The van der Waals surface area contributed by atoms with E-state index in [4.69, 9.17) is 0 Å². The van der Waals surface area contributed by atoms with Crippen molar-refractivity contribution in [3.05, 3.63) is 24.3 Å². The molecule has 1 aromatic rings. The summed E-state index contributed by atoms with van der Waals surface area (Å²) in [5.74, 6) is -1.80. The van der Waals surface area contributed by atoms with Crippen molar-refractivity contribution in [2.45, 2.75) is 37.9 Å². The second kappa shape index (κ2) is 5.54. The molecule has 1 heterocycles. The minimum absolute atomic E-state index is 0.0600. The predicted octanol–water partition coefficient (Wildman–Crippen LogP) is 2.33. The van der Waals surface area contributed by atoms with Gasteiger partial charge in [0.2, 0.25) is 0 Å². The summed E-state index contributed by atoms with van der Waals surface area (Å²) in [4.78, 5) is 19.3. The van der Waals surface area contributed by atoms with Gasteiger partial charge in [-0.1, -0.05) is 6.42 Å². The Kier molecular flexibility index (Phi) is 4.01. The molecule has 2 rings (SSSR count). The monoisotopic (exact) mass is 273 g/mol. The van der Waals surface area contributed by atoms with Crippen molar-refractivity contribution in [1.29, 1.82) is 0 Å². The van der Waals surface area contributed by atoms with E-state index in [2.05, 4.69) is 15.3 Å². The minimum Gasteiger partial charge on any atom is -0.348 e. The lowest BCUT2D eigenvalue weighted by Gasteiger charge is -2.30. The van der Waals surface area contributed by atoms with Crippen LogP contribution in [0.25, 0.3) is 0 Å². The molecule has 0 aliphatic heterocycles. The SMILES string of the molecule is O=C(NC1CCCC(C(F)(F)F)C1)c1cnccn1. The highest BCUT2D eigenvalue weighted by molar-refractivity contribution is 5.92. The molecule has 104 valence electrons. The Labute approximate surface area is 108 Å². The van der Waals surface area contributed by atoms with Gasteiger partial charge in [-0.25, -0.2) is 4.98 Å². The predicted molar refractivity (Wildman–Crippen MR) is 61.3 cm³/mol. The number of carbonyl (C=O) groups is 1. The zero-order valence-corrected chi connectivity index (χ0v) is 10.2. The highest BCUT2D eigenvalue weighted by atomic mass is 19.4. The van der Waals surface area contributed by atoms with E-state index in [9.17, 15) is 18.0 Å². The molecule has 2 atom stereocenters. The molecule has 1 aliphatic rings. The standard InChI is InChI=1S/C12H14F3N3O/c13-12(14,15)8-2-1-3-9(6-8)18-11(19)10-7-16-4-5-17-10/h4-5,7-9H,1-3,6H2,(H,18,19). The molecule has 1 aromatic heterocycles. The van der Waals surface area contributed by atoms with Gasteiger partial charge in [0.25, 0.3) is 5.91 Å². The fourth-order valence-electron chi connectivity index (χ4n) is 2.29. The highest BCUT2D eigenvalue weighted by Gasteiger charge is 2.42. The van der Waals surface area contributed by atoms with E-state index in [1.165, 1.54) is 18.6 Å². The van der Waals surface area contributed by atoms with Gasteiger partial charge >= 0.3 is 6.18 Å². The second-order valence-corrected chi connectivity index (χ2v) is 4.67. The Balaban J connectivity index is 1.94. The lowest BCUT2D eigenvalue weighted by atomic mass is 9.85. The van der Waals surface area contributed by atoms with Crippen LogP contribution >= 0.6 is 0 Å². The van der Waals surface area contributed by atoms with Gasteiger partial charge in [-0.05, 0) is 19.3 Å². The van der Waals surface area contributed by atoms with Crippen molar-refractivity contribution in [2.24, 2.45) is 5.92 Å². The molecule has 4 nitrogen and oxygen atoms in total. The van der Waals surface area contributed by atoms with Crippen molar-refractivity contribution < 1.29 is 18.0 Å². The molecule has 0 bridgehead atoms. The average molecular weight is 273 g/mol. The zero-order chi connectivity index (χ0) is 13.9. The fraction of sp³-hybridized carbons (Fsp3) is 0.583. The van der Waals surface area contributed by atoms with Gasteiger partial charge in [-0.2, -0.15) is 13.2 Å². The molecule has 2 unspecified atom stereocenters. The van der Waals surface area contributed by atoms with Crippen LogP contribution in [0, 0.1) is 5.92 Å². The van der Waals surface area contributed by atoms with Crippen LogP contribution in [0.2, 0.25) is 0 Å². The van der Waals surface area contributed by atoms with E-state index >= 15 is 0 Å². The van der Waals surface area contributed by atoms with E-state index in [0.717, 1.165) is 0 Å². The molecule has 0 radical (unpaired) electrons.